The highest BCUT2D eigenvalue weighted by Gasteiger charge is 1.80. The number of hydrogen-bond acceptors (Lipinski definition) is 2. The summed E-state index contributed by atoms with van der Waals surface area (Å²) in [6.45, 7) is 16.1. The van der Waals surface area contributed by atoms with Crippen molar-refractivity contribution >= 4 is 0 Å². The highest BCUT2D eigenvalue weighted by atomic mass is 16.5. The van der Waals surface area contributed by atoms with Crippen LogP contribution in [0.1, 0.15) is 52.8 Å². The molecule has 3 rings (SSSR count). The van der Waals surface area contributed by atoms with Crippen molar-refractivity contribution in [1.29, 1.82) is 0 Å². The maximum atomic E-state index is 4.91. The Bertz CT molecular complexity index is 558. The number of hydrogen-bond donors (Lipinski definition) is 0. The first-order valence-electron chi connectivity index (χ1n) is 10.2. The van der Waals surface area contributed by atoms with Crippen molar-refractivity contribution in [3.63, 3.8) is 0 Å². The molecule has 0 saturated heterocycles. The van der Waals surface area contributed by atoms with Gasteiger partial charge in [-0.3, -0.25) is 4.98 Å². The second-order valence-electron chi connectivity index (χ2n) is 4.64. The molecule has 0 aliphatic heterocycles. The van der Waals surface area contributed by atoms with Crippen LogP contribution < -0.4 is 4.74 Å². The minimum Gasteiger partial charge on any atom is -0.497 e. The molecule has 1 aromatic heterocycles. The molecule has 0 spiro atoms. The fraction of sp³-hybridized carbons (Fsp3) is 0.346. The zero-order chi connectivity index (χ0) is 22.0. The van der Waals surface area contributed by atoms with E-state index in [1.807, 2.05) is 115 Å². The van der Waals surface area contributed by atoms with Crippen LogP contribution in [0.5, 0.6) is 5.75 Å². The van der Waals surface area contributed by atoms with Crippen LogP contribution in [-0.4, -0.2) is 12.1 Å². The minimum atomic E-state index is 0.910. The molecule has 0 radical (unpaired) electrons. The van der Waals surface area contributed by atoms with Crippen LogP contribution in [-0.2, 0) is 0 Å². The van der Waals surface area contributed by atoms with Crippen LogP contribution in [0.15, 0.2) is 85.1 Å². The number of benzene rings is 2. The Hall–Kier alpha value is -2.61. The first-order chi connectivity index (χ1) is 13.7. The van der Waals surface area contributed by atoms with Gasteiger partial charge in [0.2, 0.25) is 0 Å². The van der Waals surface area contributed by atoms with E-state index in [0.29, 0.717) is 0 Å². The van der Waals surface area contributed by atoms with E-state index >= 15 is 0 Å². The number of pyridine rings is 1. The van der Waals surface area contributed by atoms with Crippen molar-refractivity contribution in [2.45, 2.75) is 55.4 Å². The van der Waals surface area contributed by atoms with Crippen LogP contribution in [0.3, 0.4) is 0 Å². The molecule has 0 bridgehead atoms. The van der Waals surface area contributed by atoms with Gasteiger partial charge in [-0.15, -0.1) is 0 Å². The smallest absolute Gasteiger partial charge is 0.118 e. The maximum Gasteiger partial charge on any atom is 0.118 e. The zero-order valence-electron chi connectivity index (χ0n) is 19.4. The highest BCUT2D eigenvalue weighted by Crippen LogP contribution is 2.05. The second kappa shape index (κ2) is 26.6. The van der Waals surface area contributed by atoms with Gasteiger partial charge in [-0.05, 0) is 38.1 Å². The largest absolute Gasteiger partial charge is 0.497 e. The highest BCUT2D eigenvalue weighted by molar-refractivity contribution is 5.20. The third kappa shape index (κ3) is 21.4. The van der Waals surface area contributed by atoms with Crippen LogP contribution in [0.4, 0.5) is 0 Å². The fourth-order valence-electron chi connectivity index (χ4n) is 1.54. The van der Waals surface area contributed by atoms with E-state index in [2.05, 4.69) is 24.0 Å². The van der Waals surface area contributed by atoms with Crippen molar-refractivity contribution in [2.75, 3.05) is 7.11 Å². The molecular formula is C26H41NO. The molecule has 0 N–H and O–H groups in total. The Morgan fingerprint density at radius 2 is 1.00 bits per heavy atom. The van der Waals surface area contributed by atoms with Gasteiger partial charge >= 0.3 is 0 Å². The molecule has 2 aromatic carbocycles. The number of nitrogens with zero attached hydrogens (tertiary/aromatic N) is 1. The summed E-state index contributed by atoms with van der Waals surface area (Å²) in [4.78, 5) is 3.98. The molecule has 0 unspecified atom stereocenters. The van der Waals surface area contributed by atoms with Gasteiger partial charge in [0.05, 0.1) is 7.11 Å². The van der Waals surface area contributed by atoms with Gasteiger partial charge < -0.3 is 4.74 Å². The third-order valence-corrected chi connectivity index (χ3v) is 2.73. The van der Waals surface area contributed by atoms with Crippen molar-refractivity contribution in [3.8, 4) is 5.75 Å². The van der Waals surface area contributed by atoms with Crippen molar-refractivity contribution in [2.24, 2.45) is 0 Å². The Morgan fingerprint density at radius 3 is 1.21 bits per heavy atom. The summed E-state index contributed by atoms with van der Waals surface area (Å²) in [7, 11) is 1.66. The van der Waals surface area contributed by atoms with E-state index in [4.69, 9.17) is 4.74 Å². The minimum absolute atomic E-state index is 0.910. The van der Waals surface area contributed by atoms with Gasteiger partial charge in [-0.25, -0.2) is 0 Å². The normalized spacial score (nSPS) is 7.46. The lowest BCUT2D eigenvalue weighted by Gasteiger charge is -1.93. The second-order valence-corrected chi connectivity index (χ2v) is 4.64. The van der Waals surface area contributed by atoms with Gasteiger partial charge in [0.25, 0.3) is 0 Å². The molecule has 0 aliphatic rings. The van der Waals surface area contributed by atoms with E-state index in [1.54, 1.807) is 13.3 Å². The summed E-state index contributed by atoms with van der Waals surface area (Å²) in [5.74, 6) is 0.910. The number of aryl methyl sites for hydroxylation is 2. The Kier molecular flexibility index (Phi) is 28.6. The van der Waals surface area contributed by atoms with E-state index in [1.165, 1.54) is 5.56 Å². The number of ether oxygens (including phenoxy) is 1. The number of aromatic nitrogens is 1. The summed E-state index contributed by atoms with van der Waals surface area (Å²) in [6, 6.07) is 25.8. The first-order valence-corrected chi connectivity index (χ1v) is 10.2. The van der Waals surface area contributed by atoms with E-state index in [-0.39, 0.29) is 0 Å². The summed E-state index contributed by atoms with van der Waals surface area (Å²) >= 11 is 0. The van der Waals surface area contributed by atoms with E-state index < -0.39 is 0 Å². The predicted octanol–water partition coefficient (Wildman–Crippen LogP) is 8.16. The van der Waals surface area contributed by atoms with Gasteiger partial charge in [-0.2, -0.15) is 0 Å². The topological polar surface area (TPSA) is 22.1 Å². The molecule has 3 aromatic rings. The van der Waals surface area contributed by atoms with E-state index in [9.17, 15) is 0 Å². The summed E-state index contributed by atoms with van der Waals surface area (Å²) in [6.07, 6.45) is 1.79. The number of rotatable bonds is 1. The Labute approximate surface area is 174 Å². The molecule has 0 fully saturated rings. The summed E-state index contributed by atoms with van der Waals surface area (Å²) in [5.41, 5.74) is 2.39. The third-order valence-electron chi connectivity index (χ3n) is 2.73. The maximum absolute atomic E-state index is 4.91. The zero-order valence-corrected chi connectivity index (χ0v) is 19.4. The molecule has 2 nitrogen and oxygen atoms in total. The fourth-order valence-corrected chi connectivity index (χ4v) is 1.54. The van der Waals surface area contributed by atoms with Gasteiger partial charge in [0.15, 0.2) is 0 Å². The molecule has 1 heterocycles. The first kappa shape index (κ1) is 30.1. The average Bonchev–Trinajstić information content (AvgIpc) is 2.80. The van der Waals surface area contributed by atoms with Crippen molar-refractivity contribution in [3.05, 3.63) is 96.3 Å². The van der Waals surface area contributed by atoms with Crippen LogP contribution in [0.2, 0.25) is 0 Å². The monoisotopic (exact) mass is 383 g/mol. The van der Waals surface area contributed by atoms with Crippen LogP contribution >= 0.6 is 0 Å². The number of para-hydroxylation sites is 1. The van der Waals surface area contributed by atoms with Crippen molar-refractivity contribution < 1.29 is 4.74 Å². The van der Waals surface area contributed by atoms with Crippen LogP contribution in [0.25, 0.3) is 0 Å². The van der Waals surface area contributed by atoms with E-state index in [0.717, 1.165) is 11.4 Å². The Morgan fingerprint density at radius 1 is 0.571 bits per heavy atom. The molecule has 2 heteroatoms. The predicted molar refractivity (Wildman–Crippen MR) is 127 cm³/mol. The van der Waals surface area contributed by atoms with Gasteiger partial charge in [0, 0.05) is 11.9 Å². The molecule has 0 aliphatic carbocycles. The lowest BCUT2D eigenvalue weighted by molar-refractivity contribution is 0.415. The van der Waals surface area contributed by atoms with Gasteiger partial charge in [0.1, 0.15) is 5.75 Å². The lowest BCUT2D eigenvalue weighted by atomic mass is 10.2. The molecule has 156 valence electrons. The molecule has 0 atom stereocenters. The SMILES string of the molecule is CC.CC.CC.COc1ccccc1.Cc1ccccc1.Cc1ccccn1. The van der Waals surface area contributed by atoms with Gasteiger partial charge in [-0.1, -0.05) is 102 Å². The quantitative estimate of drug-likeness (QED) is 0.423. The number of methoxy groups -OCH3 is 1. The molecular weight excluding hydrogens is 342 g/mol. The molecule has 0 amide bonds. The van der Waals surface area contributed by atoms with Crippen LogP contribution in [0, 0.1) is 13.8 Å². The molecule has 28 heavy (non-hydrogen) atoms. The lowest BCUT2D eigenvalue weighted by Crippen LogP contribution is -1.78. The Balaban J connectivity index is -0.000000296. The summed E-state index contributed by atoms with van der Waals surface area (Å²) in [5, 5.41) is 0. The average molecular weight is 384 g/mol. The summed E-state index contributed by atoms with van der Waals surface area (Å²) < 4.78 is 4.91. The standard InChI is InChI=1S/C7H8O.C7H8.C6H7N.3C2H6/c1-8-7-5-3-2-4-6-7;1-7-5-3-2-4-6-7;1-6-4-2-3-5-7-6;3*1-2/h2-6H,1H3;2-6H,1H3;2-5H,1H3;3*1-2H3. The molecule has 0 saturated carbocycles. The van der Waals surface area contributed by atoms with Crippen molar-refractivity contribution in [1.82, 2.24) is 4.98 Å².